The van der Waals surface area contributed by atoms with Crippen molar-refractivity contribution >= 4 is 14.2 Å². The summed E-state index contributed by atoms with van der Waals surface area (Å²) in [4.78, 5) is 0. The van der Waals surface area contributed by atoms with Crippen molar-refractivity contribution in [3.05, 3.63) is 0 Å². The molecule has 0 saturated carbocycles. The summed E-state index contributed by atoms with van der Waals surface area (Å²) in [5, 5.41) is 8.98. The van der Waals surface area contributed by atoms with Gasteiger partial charge in [-0.05, 0) is 12.8 Å². The van der Waals surface area contributed by atoms with Crippen molar-refractivity contribution in [3.8, 4) is 6.07 Å². The lowest BCUT2D eigenvalue weighted by Crippen LogP contribution is -1.86. The average Bonchev–Trinajstić information content (AvgIpc) is 1.83. The summed E-state index contributed by atoms with van der Waals surface area (Å²) < 4.78 is 0. The molecule has 8 heavy (non-hydrogen) atoms. The van der Waals surface area contributed by atoms with E-state index in [1.54, 1.807) is 0 Å². The molecule has 0 aromatic rings. The summed E-state index contributed by atoms with van der Waals surface area (Å²) >= 11 is 0. The zero-order valence-electron chi connectivity index (χ0n) is 5.07. The predicted octanol–water partition coefficient (Wildman–Crippen LogP) is 2.02. The molecule has 0 bridgehead atoms. The molecule has 2 heteroatoms. The van der Waals surface area contributed by atoms with Crippen molar-refractivity contribution in [2.75, 3.05) is 0 Å². The van der Waals surface area contributed by atoms with Gasteiger partial charge in [0.15, 0.2) is 0 Å². The van der Waals surface area contributed by atoms with E-state index in [0.29, 0.717) is 0 Å². The number of rotatable bonds is 3. The first-order chi connectivity index (χ1) is 3.81. The Hall–Kier alpha value is -0.340. The van der Waals surface area contributed by atoms with Crippen LogP contribution in [-0.2, 0) is 0 Å². The lowest BCUT2D eigenvalue weighted by Gasteiger charge is -1.88. The van der Waals surface area contributed by atoms with Crippen LogP contribution in [0.15, 0.2) is 0 Å². The molecule has 0 aliphatic carbocycles. The Morgan fingerprint density at radius 2 is 2.38 bits per heavy atom. The van der Waals surface area contributed by atoms with Gasteiger partial charge in [-0.25, -0.2) is 0 Å². The molecule has 0 aliphatic heterocycles. The minimum atomic E-state index is 0.756. The highest BCUT2D eigenvalue weighted by Gasteiger charge is 1.87. The van der Waals surface area contributed by atoms with Crippen LogP contribution in [0.3, 0.4) is 0 Å². The van der Waals surface area contributed by atoms with Gasteiger partial charge in [0.05, 0.1) is 6.07 Å². The number of nitriles is 1. The van der Waals surface area contributed by atoms with E-state index < -0.39 is 0 Å². The number of hydrogen-bond acceptors (Lipinski definition) is 1. The summed E-state index contributed by atoms with van der Waals surface area (Å²) in [5.41, 5.74) is 0. The molecule has 0 saturated heterocycles. The van der Waals surface area contributed by atoms with Crippen LogP contribution in [0.2, 0.25) is 0 Å². The lowest BCUT2D eigenvalue weighted by molar-refractivity contribution is 0.842. The molecule has 0 aliphatic rings. The largest absolute Gasteiger partial charge is 0.192 e. The summed E-state index contributed by atoms with van der Waals surface area (Å²) in [6.45, 7) is 2.11. The third-order valence-electron chi connectivity index (χ3n) is 0.915. The van der Waals surface area contributed by atoms with Gasteiger partial charge in [-0.3, -0.25) is 0 Å². The standard InChI is InChI=1S/C6H10NP/c1-2-3-4-6(8)5-7/h8H,2-4H2,1H3. The van der Waals surface area contributed by atoms with Crippen molar-refractivity contribution < 1.29 is 0 Å². The number of nitrogens with zero attached hydrogens (tertiary/aromatic N) is 1. The molecule has 0 rings (SSSR count). The van der Waals surface area contributed by atoms with Crippen molar-refractivity contribution in [3.63, 3.8) is 0 Å². The van der Waals surface area contributed by atoms with Gasteiger partial charge in [-0.15, -0.1) is 8.86 Å². The maximum Gasteiger partial charge on any atom is 0.0990 e. The molecule has 0 unspecified atom stereocenters. The minimum Gasteiger partial charge on any atom is -0.192 e. The van der Waals surface area contributed by atoms with E-state index in [1.165, 1.54) is 0 Å². The molecule has 0 heterocycles. The normalized spacial score (nSPS) is 8.00. The van der Waals surface area contributed by atoms with Crippen LogP contribution >= 0.6 is 8.86 Å². The van der Waals surface area contributed by atoms with Crippen LogP contribution in [0.4, 0.5) is 0 Å². The van der Waals surface area contributed by atoms with Crippen LogP contribution < -0.4 is 0 Å². The van der Waals surface area contributed by atoms with Gasteiger partial charge in [-0.1, -0.05) is 13.3 Å². The molecule has 0 radical (unpaired) electrons. The summed E-state index contributed by atoms with van der Waals surface area (Å²) in [7, 11) is 3.18. The van der Waals surface area contributed by atoms with Crippen LogP contribution in [0.1, 0.15) is 26.2 Å². The van der Waals surface area contributed by atoms with E-state index >= 15 is 0 Å². The van der Waals surface area contributed by atoms with Gasteiger partial charge in [-0.2, -0.15) is 5.26 Å². The second kappa shape index (κ2) is 4.81. The fourth-order valence-corrected chi connectivity index (χ4v) is 0.586. The van der Waals surface area contributed by atoms with Gasteiger partial charge in [0, 0.05) is 5.29 Å². The fraction of sp³-hybridized carbons (Fsp3) is 0.667. The zero-order chi connectivity index (χ0) is 6.41. The van der Waals surface area contributed by atoms with Crippen molar-refractivity contribution in [1.29, 1.82) is 5.26 Å². The summed E-state index contributed by atoms with van der Waals surface area (Å²) in [5.74, 6) is 0. The van der Waals surface area contributed by atoms with Crippen LogP contribution in [0.25, 0.3) is 0 Å². The van der Waals surface area contributed by atoms with E-state index in [1.807, 2.05) is 6.07 Å². The van der Waals surface area contributed by atoms with Gasteiger partial charge in [0.2, 0.25) is 0 Å². The third-order valence-corrected chi connectivity index (χ3v) is 1.28. The molecule has 44 valence electrons. The predicted molar refractivity (Wildman–Crippen MR) is 38.5 cm³/mol. The smallest absolute Gasteiger partial charge is 0.0990 e. The lowest BCUT2D eigenvalue weighted by atomic mass is 10.2. The minimum absolute atomic E-state index is 0.756. The molecular formula is C6H10NP. The highest BCUT2D eigenvalue weighted by Crippen LogP contribution is 1.96. The molecule has 0 amide bonds. The Labute approximate surface area is 52.5 Å². The Morgan fingerprint density at radius 1 is 1.75 bits per heavy atom. The first-order valence-electron chi connectivity index (χ1n) is 2.78. The SMILES string of the molecule is CCCCC(=P)C#N. The van der Waals surface area contributed by atoms with Crippen molar-refractivity contribution in [1.82, 2.24) is 0 Å². The highest BCUT2D eigenvalue weighted by molar-refractivity contribution is 7.22. The van der Waals surface area contributed by atoms with Crippen LogP contribution in [0, 0.1) is 11.3 Å². The topological polar surface area (TPSA) is 23.8 Å². The maximum atomic E-state index is 8.23. The van der Waals surface area contributed by atoms with E-state index in [0.717, 1.165) is 24.6 Å². The third kappa shape index (κ3) is 3.84. The summed E-state index contributed by atoms with van der Waals surface area (Å²) in [6.07, 6.45) is 3.14. The van der Waals surface area contributed by atoms with Crippen LogP contribution in [0.5, 0.6) is 0 Å². The molecule has 0 aromatic carbocycles. The van der Waals surface area contributed by atoms with Crippen molar-refractivity contribution in [2.45, 2.75) is 26.2 Å². The van der Waals surface area contributed by atoms with Gasteiger partial charge in [0.1, 0.15) is 0 Å². The fourth-order valence-electron chi connectivity index (χ4n) is 0.409. The van der Waals surface area contributed by atoms with Crippen LogP contribution in [-0.4, -0.2) is 5.29 Å². The Morgan fingerprint density at radius 3 is 2.75 bits per heavy atom. The molecular weight excluding hydrogens is 117 g/mol. The molecule has 0 fully saturated rings. The van der Waals surface area contributed by atoms with Gasteiger partial charge < -0.3 is 0 Å². The first kappa shape index (κ1) is 7.66. The molecule has 0 N–H and O–H groups in total. The van der Waals surface area contributed by atoms with E-state index in [4.69, 9.17) is 5.26 Å². The molecule has 0 aromatic heterocycles. The average molecular weight is 127 g/mol. The van der Waals surface area contributed by atoms with E-state index in [-0.39, 0.29) is 0 Å². The van der Waals surface area contributed by atoms with E-state index in [9.17, 15) is 0 Å². The number of unbranched alkanes of at least 4 members (excludes halogenated alkanes) is 1. The molecule has 0 atom stereocenters. The van der Waals surface area contributed by atoms with E-state index in [2.05, 4.69) is 15.8 Å². The quantitative estimate of drug-likeness (QED) is 0.532. The highest BCUT2D eigenvalue weighted by atomic mass is 31.0. The monoisotopic (exact) mass is 127 g/mol. The van der Waals surface area contributed by atoms with Gasteiger partial charge >= 0.3 is 0 Å². The zero-order valence-corrected chi connectivity index (χ0v) is 6.07. The Kier molecular flexibility index (Phi) is 4.61. The Balaban J connectivity index is 3.16. The maximum absolute atomic E-state index is 8.23. The van der Waals surface area contributed by atoms with Gasteiger partial charge in [0.25, 0.3) is 0 Å². The van der Waals surface area contributed by atoms with Crippen molar-refractivity contribution in [2.24, 2.45) is 0 Å². The molecule has 0 spiro atoms. The first-order valence-corrected chi connectivity index (χ1v) is 3.28. The number of hydrogen-bond donors (Lipinski definition) is 0. The second-order valence-corrected chi connectivity index (χ2v) is 2.30. The Bertz CT molecular complexity index is 112. The summed E-state index contributed by atoms with van der Waals surface area (Å²) in [6, 6.07) is 2.03. The molecule has 1 nitrogen and oxygen atoms in total. The second-order valence-electron chi connectivity index (χ2n) is 1.69.